The van der Waals surface area contributed by atoms with Gasteiger partial charge in [0, 0.05) is 4.88 Å². The number of carbonyl (C=O) groups is 1. The second-order valence-corrected chi connectivity index (χ2v) is 8.56. The Labute approximate surface area is 172 Å². The van der Waals surface area contributed by atoms with Crippen molar-refractivity contribution in [3.8, 4) is 11.1 Å². The minimum atomic E-state index is -1.43. The number of thiophene rings is 1. The summed E-state index contributed by atoms with van der Waals surface area (Å²) in [6.07, 6.45) is 0.125. The van der Waals surface area contributed by atoms with Gasteiger partial charge in [0.05, 0.1) is 30.4 Å². The fourth-order valence-electron chi connectivity index (χ4n) is 2.83. The van der Waals surface area contributed by atoms with Crippen LogP contribution in [0, 0.1) is 6.92 Å². The highest BCUT2D eigenvalue weighted by Crippen LogP contribution is 2.32. The van der Waals surface area contributed by atoms with Gasteiger partial charge in [-0.3, -0.25) is 4.79 Å². The minimum absolute atomic E-state index is 0.125. The van der Waals surface area contributed by atoms with Crippen LogP contribution in [0.25, 0.3) is 11.1 Å². The largest absolute Gasteiger partial charge is 0.593 e. The number of nitrogens with one attached hydrogen (secondary N) is 1. The summed E-state index contributed by atoms with van der Waals surface area (Å²) in [6.45, 7) is 4.07. The molecular formula is C22H23NO3S2. The Morgan fingerprint density at radius 3 is 2.64 bits per heavy atom. The third kappa shape index (κ3) is 5.45. The standard InChI is InChI=1S/C22H23NO3S2/c1-3-26-22(24)14-20(23-28(25)19-11-7-8-16(2)12-19)21-13-18(15-27-21)17-9-5-4-6-10-17/h4-13,15,20,23H,3,14H2,1-2H3/t20-,28?/m0/s1. The van der Waals surface area contributed by atoms with Crippen LogP contribution in [0.5, 0.6) is 0 Å². The fourth-order valence-corrected chi connectivity index (χ4v) is 4.98. The molecule has 4 nitrogen and oxygen atoms in total. The lowest BCUT2D eigenvalue weighted by Crippen LogP contribution is -2.30. The summed E-state index contributed by atoms with van der Waals surface area (Å²) in [5.74, 6) is -0.309. The molecule has 1 N–H and O–H groups in total. The molecule has 3 rings (SSSR count). The second-order valence-electron chi connectivity index (χ2n) is 6.37. The van der Waals surface area contributed by atoms with Crippen LogP contribution < -0.4 is 4.72 Å². The summed E-state index contributed by atoms with van der Waals surface area (Å²) < 4.78 is 21.1. The van der Waals surface area contributed by atoms with E-state index in [9.17, 15) is 9.35 Å². The smallest absolute Gasteiger partial charge is 0.307 e. The van der Waals surface area contributed by atoms with Gasteiger partial charge >= 0.3 is 5.97 Å². The summed E-state index contributed by atoms with van der Waals surface area (Å²) >= 11 is 0.117. The fraction of sp³-hybridized carbons (Fsp3) is 0.227. The summed E-state index contributed by atoms with van der Waals surface area (Å²) in [6, 6.07) is 19.3. The lowest BCUT2D eigenvalue weighted by Gasteiger charge is -2.18. The number of rotatable bonds is 8. The van der Waals surface area contributed by atoms with Crippen LogP contribution in [0.3, 0.4) is 0 Å². The first-order chi connectivity index (χ1) is 13.6. The summed E-state index contributed by atoms with van der Waals surface area (Å²) in [7, 11) is 0. The quantitative estimate of drug-likeness (QED) is 0.416. The summed E-state index contributed by atoms with van der Waals surface area (Å²) in [5, 5.41) is 2.06. The first-order valence-electron chi connectivity index (χ1n) is 9.11. The van der Waals surface area contributed by atoms with Crippen molar-refractivity contribution in [1.29, 1.82) is 0 Å². The third-order valence-corrected chi connectivity index (χ3v) is 6.43. The average Bonchev–Trinajstić information content (AvgIpc) is 3.18. The molecule has 1 aromatic heterocycles. The maximum atomic E-state index is 12.8. The molecular weight excluding hydrogens is 390 g/mol. The van der Waals surface area contributed by atoms with Gasteiger partial charge in [-0.15, -0.1) is 16.1 Å². The first-order valence-corrected chi connectivity index (χ1v) is 11.1. The lowest BCUT2D eigenvalue weighted by molar-refractivity contribution is -0.143. The van der Waals surface area contributed by atoms with Crippen molar-refractivity contribution in [2.75, 3.05) is 6.61 Å². The molecule has 146 valence electrons. The maximum absolute atomic E-state index is 12.8. The van der Waals surface area contributed by atoms with Crippen molar-refractivity contribution >= 4 is 28.7 Å². The van der Waals surface area contributed by atoms with Crippen molar-refractivity contribution in [1.82, 2.24) is 4.72 Å². The van der Waals surface area contributed by atoms with E-state index in [1.54, 1.807) is 18.3 Å². The van der Waals surface area contributed by atoms with Crippen LogP contribution in [0.2, 0.25) is 0 Å². The number of carbonyl (C=O) groups excluding carboxylic acids is 1. The van der Waals surface area contributed by atoms with Gasteiger partial charge in [0.1, 0.15) is 0 Å². The van der Waals surface area contributed by atoms with Crippen LogP contribution in [0.15, 0.2) is 70.9 Å². The van der Waals surface area contributed by atoms with Crippen molar-refractivity contribution < 1.29 is 14.1 Å². The van der Waals surface area contributed by atoms with E-state index < -0.39 is 11.4 Å². The molecule has 1 unspecified atom stereocenters. The van der Waals surface area contributed by atoms with E-state index in [1.165, 1.54) is 0 Å². The van der Waals surface area contributed by atoms with E-state index in [0.717, 1.165) is 21.6 Å². The Hall–Kier alpha value is -2.12. The van der Waals surface area contributed by atoms with E-state index in [4.69, 9.17) is 4.74 Å². The highest BCUT2D eigenvalue weighted by Gasteiger charge is 2.25. The number of hydrogen-bond acceptors (Lipinski definition) is 5. The van der Waals surface area contributed by atoms with Gasteiger partial charge in [0.2, 0.25) is 0 Å². The zero-order valence-corrected chi connectivity index (χ0v) is 17.5. The van der Waals surface area contributed by atoms with Gasteiger partial charge in [-0.1, -0.05) is 42.5 Å². The van der Waals surface area contributed by atoms with Gasteiger partial charge in [-0.2, -0.15) is 0 Å². The molecule has 0 aliphatic carbocycles. The molecule has 0 aliphatic heterocycles. The Morgan fingerprint density at radius 1 is 1.14 bits per heavy atom. The van der Waals surface area contributed by atoms with Gasteiger partial charge in [-0.25, -0.2) is 0 Å². The Bertz CT molecular complexity index is 911. The summed E-state index contributed by atoms with van der Waals surface area (Å²) in [4.78, 5) is 13.8. The predicted molar refractivity (Wildman–Crippen MR) is 114 cm³/mol. The van der Waals surface area contributed by atoms with Gasteiger partial charge in [-0.05, 0) is 54.1 Å². The molecule has 0 fully saturated rings. The van der Waals surface area contributed by atoms with Crippen molar-refractivity contribution in [3.63, 3.8) is 0 Å². The van der Waals surface area contributed by atoms with Crippen LogP contribution in [-0.4, -0.2) is 17.1 Å². The molecule has 0 bridgehead atoms. The maximum Gasteiger partial charge on any atom is 0.307 e. The van der Waals surface area contributed by atoms with E-state index in [1.807, 2.05) is 67.6 Å². The molecule has 0 spiro atoms. The molecule has 3 aromatic rings. The number of aryl methyl sites for hydroxylation is 1. The summed E-state index contributed by atoms with van der Waals surface area (Å²) in [5.41, 5.74) is 3.23. The predicted octanol–water partition coefficient (Wildman–Crippen LogP) is 5.03. The number of benzene rings is 2. The molecule has 6 heteroatoms. The molecule has 0 radical (unpaired) electrons. The van der Waals surface area contributed by atoms with Crippen LogP contribution in [0.4, 0.5) is 0 Å². The second kappa shape index (κ2) is 9.89. The minimum Gasteiger partial charge on any atom is -0.593 e. The molecule has 1 heterocycles. The first kappa shape index (κ1) is 20.6. The van der Waals surface area contributed by atoms with Crippen LogP contribution >= 0.6 is 11.3 Å². The third-order valence-electron chi connectivity index (χ3n) is 4.20. The lowest BCUT2D eigenvalue weighted by atomic mass is 10.1. The highest BCUT2D eigenvalue weighted by atomic mass is 32.2. The Kier molecular flexibility index (Phi) is 7.28. The van der Waals surface area contributed by atoms with E-state index >= 15 is 0 Å². The number of esters is 1. The molecule has 0 saturated carbocycles. The monoisotopic (exact) mass is 413 g/mol. The SMILES string of the molecule is CCOC(=O)C[C@H](N[S+]([O-])c1cccc(C)c1)c1cc(-c2ccccc2)cs1. The Morgan fingerprint density at radius 2 is 1.93 bits per heavy atom. The van der Waals surface area contributed by atoms with Crippen LogP contribution in [-0.2, 0) is 20.9 Å². The molecule has 2 aromatic carbocycles. The molecule has 0 aliphatic rings. The van der Waals surface area contributed by atoms with Crippen molar-refractivity contribution in [2.24, 2.45) is 0 Å². The zero-order valence-electron chi connectivity index (χ0n) is 15.9. The van der Waals surface area contributed by atoms with Gasteiger partial charge in [0.15, 0.2) is 4.90 Å². The van der Waals surface area contributed by atoms with Crippen molar-refractivity contribution in [3.05, 3.63) is 76.5 Å². The normalized spacial score (nSPS) is 13.1. The zero-order chi connectivity index (χ0) is 19.9. The average molecular weight is 414 g/mol. The van der Waals surface area contributed by atoms with Gasteiger partial charge < -0.3 is 9.29 Å². The molecule has 0 saturated heterocycles. The molecule has 28 heavy (non-hydrogen) atoms. The van der Waals surface area contributed by atoms with E-state index in [0.29, 0.717) is 11.5 Å². The van der Waals surface area contributed by atoms with Crippen LogP contribution in [0.1, 0.15) is 29.8 Å². The van der Waals surface area contributed by atoms with E-state index in [-0.39, 0.29) is 18.4 Å². The Balaban J connectivity index is 1.82. The molecule has 0 amide bonds. The van der Waals surface area contributed by atoms with Gasteiger partial charge in [0.25, 0.3) is 0 Å². The topological polar surface area (TPSA) is 61.4 Å². The van der Waals surface area contributed by atoms with E-state index in [2.05, 4.69) is 10.1 Å². The number of ether oxygens (including phenoxy) is 1. The molecule has 2 atom stereocenters. The van der Waals surface area contributed by atoms with Crippen molar-refractivity contribution in [2.45, 2.75) is 31.2 Å². The number of hydrogen-bond donors (Lipinski definition) is 1. The highest BCUT2D eigenvalue weighted by molar-refractivity contribution is 7.89.